The van der Waals surface area contributed by atoms with Crippen molar-refractivity contribution in [3.05, 3.63) is 0 Å². The Hall–Kier alpha value is -0.160. The molecule has 0 radical (unpaired) electrons. The molecule has 4 nitrogen and oxygen atoms in total. The summed E-state index contributed by atoms with van der Waals surface area (Å²) in [5.41, 5.74) is 0. The van der Waals surface area contributed by atoms with E-state index in [0.717, 1.165) is 52.2 Å². The van der Waals surface area contributed by atoms with Gasteiger partial charge in [-0.05, 0) is 26.7 Å². The van der Waals surface area contributed by atoms with Gasteiger partial charge in [0.25, 0.3) is 0 Å². The number of ether oxygens (including phenoxy) is 1. The van der Waals surface area contributed by atoms with Crippen molar-refractivity contribution in [1.29, 1.82) is 0 Å². The number of nitrogens with zero attached hydrogens (tertiary/aromatic N) is 2. The maximum Gasteiger partial charge on any atom is 0.0829 e. The van der Waals surface area contributed by atoms with Gasteiger partial charge < -0.3 is 14.7 Å². The zero-order valence-electron chi connectivity index (χ0n) is 11.1. The maximum atomic E-state index is 9.48. The summed E-state index contributed by atoms with van der Waals surface area (Å²) < 4.78 is 5.84. The number of aliphatic hydroxyl groups excluding tert-OH is 1. The van der Waals surface area contributed by atoms with Crippen LogP contribution in [0.15, 0.2) is 0 Å². The molecule has 2 heterocycles. The number of hydrogen-bond donors (Lipinski definition) is 1. The van der Waals surface area contributed by atoms with Crippen LogP contribution in [0.4, 0.5) is 0 Å². The summed E-state index contributed by atoms with van der Waals surface area (Å²) >= 11 is 0. The molecule has 2 rings (SSSR count). The van der Waals surface area contributed by atoms with Crippen molar-refractivity contribution in [3.8, 4) is 0 Å². The van der Waals surface area contributed by atoms with Gasteiger partial charge in [-0.15, -0.1) is 0 Å². The van der Waals surface area contributed by atoms with Gasteiger partial charge in [0.1, 0.15) is 0 Å². The van der Waals surface area contributed by atoms with Crippen molar-refractivity contribution < 1.29 is 9.84 Å². The zero-order chi connectivity index (χ0) is 12.3. The van der Waals surface area contributed by atoms with Crippen LogP contribution in [0, 0.1) is 0 Å². The Morgan fingerprint density at radius 2 is 1.94 bits per heavy atom. The molecular weight excluding hydrogens is 216 g/mol. The second kappa shape index (κ2) is 6.14. The van der Waals surface area contributed by atoms with Gasteiger partial charge in [0.2, 0.25) is 0 Å². The lowest BCUT2D eigenvalue weighted by atomic mass is 10.1. The van der Waals surface area contributed by atoms with E-state index < -0.39 is 0 Å². The van der Waals surface area contributed by atoms with Gasteiger partial charge in [0.05, 0.1) is 18.8 Å². The van der Waals surface area contributed by atoms with E-state index >= 15 is 0 Å². The van der Waals surface area contributed by atoms with E-state index in [2.05, 4.69) is 23.6 Å². The highest BCUT2D eigenvalue weighted by atomic mass is 16.5. The minimum absolute atomic E-state index is 0.0781. The maximum absolute atomic E-state index is 9.48. The quantitative estimate of drug-likeness (QED) is 0.784. The molecule has 0 amide bonds. The topological polar surface area (TPSA) is 35.9 Å². The summed E-state index contributed by atoms with van der Waals surface area (Å²) in [4.78, 5) is 4.92. The zero-order valence-corrected chi connectivity index (χ0v) is 11.1. The van der Waals surface area contributed by atoms with E-state index in [9.17, 15) is 5.11 Å². The standard InChI is InChI=1S/C13H26N2O2/c1-11(2)15-7-8-17-13(10-15)9-14-5-3-12(16)4-6-14/h11-13,16H,3-10H2,1-2H3. The van der Waals surface area contributed by atoms with E-state index in [1.165, 1.54) is 0 Å². The Bertz CT molecular complexity index is 227. The van der Waals surface area contributed by atoms with Crippen LogP contribution in [0.3, 0.4) is 0 Å². The number of rotatable bonds is 3. The highest BCUT2D eigenvalue weighted by Crippen LogP contribution is 2.14. The molecule has 0 spiro atoms. The second-order valence-electron chi connectivity index (χ2n) is 5.61. The minimum atomic E-state index is -0.0781. The van der Waals surface area contributed by atoms with Crippen LogP contribution < -0.4 is 0 Å². The molecule has 1 unspecified atom stereocenters. The summed E-state index contributed by atoms with van der Waals surface area (Å²) in [6, 6.07) is 0.615. The van der Waals surface area contributed by atoms with Gasteiger partial charge in [0.15, 0.2) is 0 Å². The van der Waals surface area contributed by atoms with Crippen LogP contribution in [0.5, 0.6) is 0 Å². The lowest BCUT2D eigenvalue weighted by Gasteiger charge is -2.39. The molecular formula is C13H26N2O2. The molecule has 4 heteroatoms. The fraction of sp³-hybridized carbons (Fsp3) is 1.00. The highest BCUT2D eigenvalue weighted by molar-refractivity contribution is 4.79. The molecule has 0 aliphatic carbocycles. The molecule has 1 N–H and O–H groups in total. The van der Waals surface area contributed by atoms with Crippen LogP contribution in [0.25, 0.3) is 0 Å². The summed E-state index contributed by atoms with van der Waals surface area (Å²) in [6.45, 7) is 10.5. The fourth-order valence-corrected chi connectivity index (χ4v) is 2.71. The van der Waals surface area contributed by atoms with Crippen LogP contribution in [0.1, 0.15) is 26.7 Å². The molecule has 0 aromatic rings. The summed E-state index contributed by atoms with van der Waals surface area (Å²) in [5, 5.41) is 9.48. The third-order valence-electron chi connectivity index (χ3n) is 3.92. The van der Waals surface area contributed by atoms with Crippen LogP contribution >= 0.6 is 0 Å². The first kappa shape index (κ1) is 13.3. The molecule has 17 heavy (non-hydrogen) atoms. The third kappa shape index (κ3) is 3.91. The van der Waals surface area contributed by atoms with E-state index in [1.54, 1.807) is 0 Å². The molecule has 2 fully saturated rings. The molecule has 2 aliphatic rings. The molecule has 2 saturated heterocycles. The Balaban J connectivity index is 1.75. The van der Waals surface area contributed by atoms with Crippen LogP contribution in [-0.4, -0.2) is 72.5 Å². The number of aliphatic hydroxyl groups is 1. The molecule has 0 aromatic heterocycles. The van der Waals surface area contributed by atoms with E-state index in [0.29, 0.717) is 12.1 Å². The second-order valence-corrected chi connectivity index (χ2v) is 5.61. The first-order valence-electron chi connectivity index (χ1n) is 6.91. The first-order chi connectivity index (χ1) is 8.15. The first-order valence-corrected chi connectivity index (χ1v) is 6.91. The summed E-state index contributed by atoms with van der Waals surface area (Å²) in [6.07, 6.45) is 2.10. The van der Waals surface area contributed by atoms with E-state index in [1.807, 2.05) is 0 Å². The summed E-state index contributed by atoms with van der Waals surface area (Å²) in [5.74, 6) is 0. The van der Waals surface area contributed by atoms with Crippen LogP contribution in [0.2, 0.25) is 0 Å². The highest BCUT2D eigenvalue weighted by Gasteiger charge is 2.25. The van der Waals surface area contributed by atoms with Crippen molar-refractivity contribution in [3.63, 3.8) is 0 Å². The van der Waals surface area contributed by atoms with E-state index in [-0.39, 0.29) is 6.10 Å². The molecule has 0 saturated carbocycles. The van der Waals surface area contributed by atoms with Crippen molar-refractivity contribution in [2.45, 2.75) is 44.9 Å². The van der Waals surface area contributed by atoms with Crippen LogP contribution in [-0.2, 0) is 4.74 Å². The van der Waals surface area contributed by atoms with Gasteiger partial charge in [0, 0.05) is 38.8 Å². The number of piperidine rings is 1. The Kier molecular flexibility index (Phi) is 4.79. The lowest BCUT2D eigenvalue weighted by Crippen LogP contribution is -2.51. The number of hydrogen-bond acceptors (Lipinski definition) is 4. The smallest absolute Gasteiger partial charge is 0.0829 e. The predicted octanol–water partition coefficient (Wildman–Crippen LogP) is 0.552. The van der Waals surface area contributed by atoms with Gasteiger partial charge in [-0.1, -0.05) is 0 Å². The molecule has 0 bridgehead atoms. The van der Waals surface area contributed by atoms with Crippen molar-refractivity contribution in [2.75, 3.05) is 39.3 Å². The van der Waals surface area contributed by atoms with Gasteiger partial charge in [-0.25, -0.2) is 0 Å². The summed E-state index contributed by atoms with van der Waals surface area (Å²) in [7, 11) is 0. The molecule has 100 valence electrons. The van der Waals surface area contributed by atoms with Crippen molar-refractivity contribution in [2.24, 2.45) is 0 Å². The predicted molar refractivity (Wildman–Crippen MR) is 68.1 cm³/mol. The average molecular weight is 242 g/mol. The Morgan fingerprint density at radius 1 is 1.24 bits per heavy atom. The SMILES string of the molecule is CC(C)N1CCOC(CN2CCC(O)CC2)C1. The minimum Gasteiger partial charge on any atom is -0.393 e. The van der Waals surface area contributed by atoms with Gasteiger partial charge >= 0.3 is 0 Å². The van der Waals surface area contributed by atoms with Crippen molar-refractivity contribution in [1.82, 2.24) is 9.80 Å². The molecule has 0 aromatic carbocycles. The average Bonchev–Trinajstić information content (AvgIpc) is 2.32. The Labute approximate surface area is 105 Å². The van der Waals surface area contributed by atoms with Crippen molar-refractivity contribution >= 4 is 0 Å². The molecule has 1 atom stereocenters. The monoisotopic (exact) mass is 242 g/mol. The van der Waals surface area contributed by atoms with E-state index in [4.69, 9.17) is 4.74 Å². The number of morpholine rings is 1. The van der Waals surface area contributed by atoms with Gasteiger partial charge in [-0.2, -0.15) is 0 Å². The Morgan fingerprint density at radius 3 is 2.59 bits per heavy atom. The third-order valence-corrected chi connectivity index (χ3v) is 3.92. The number of likely N-dealkylation sites (tertiary alicyclic amines) is 1. The van der Waals surface area contributed by atoms with Gasteiger partial charge in [-0.3, -0.25) is 4.90 Å². The fourth-order valence-electron chi connectivity index (χ4n) is 2.71. The normalized spacial score (nSPS) is 30.0. The molecule has 2 aliphatic heterocycles. The lowest BCUT2D eigenvalue weighted by molar-refractivity contribution is -0.0576. The largest absolute Gasteiger partial charge is 0.393 e.